The van der Waals surface area contributed by atoms with Crippen LogP contribution in [-0.2, 0) is 21.3 Å². The topological polar surface area (TPSA) is 94.3 Å². The standard InChI is InChI=1S/C23H32N2O5/c1-21-17-14-7-8-15(19(24)26)18(17)30-20(21)23(28-3,29-4)10-9-22(21,27)16(11-14)25(2)12-13-5-6-13/h7-8,13,16,20,27H,5-6,9-12H2,1-4H3,(H2,24,26)/t16-,20-,21?,22-/m1/s1. The van der Waals surface area contributed by atoms with Crippen molar-refractivity contribution < 1.29 is 24.1 Å². The summed E-state index contributed by atoms with van der Waals surface area (Å²) in [6.07, 6.45) is 3.66. The normalized spacial score (nSPS) is 35.8. The molecule has 5 rings (SSSR count). The van der Waals surface area contributed by atoms with Crippen LogP contribution in [0.3, 0.4) is 0 Å². The minimum atomic E-state index is -1.05. The number of benzene rings is 1. The number of carbonyl (C=O) groups excluding carboxylic acids is 1. The van der Waals surface area contributed by atoms with Gasteiger partial charge >= 0.3 is 0 Å². The van der Waals surface area contributed by atoms with Gasteiger partial charge in [0.2, 0.25) is 5.79 Å². The molecule has 164 valence electrons. The second-order valence-corrected chi connectivity index (χ2v) is 9.79. The number of amides is 1. The van der Waals surface area contributed by atoms with Gasteiger partial charge in [-0.15, -0.1) is 0 Å². The average molecular weight is 417 g/mol. The fourth-order valence-electron chi connectivity index (χ4n) is 6.52. The molecule has 0 aromatic heterocycles. The molecule has 1 aromatic rings. The van der Waals surface area contributed by atoms with Crippen LogP contribution >= 0.6 is 0 Å². The maximum Gasteiger partial charge on any atom is 0.252 e. The predicted molar refractivity (Wildman–Crippen MR) is 111 cm³/mol. The van der Waals surface area contributed by atoms with Gasteiger partial charge in [0.15, 0.2) is 6.10 Å². The minimum Gasteiger partial charge on any atom is -0.483 e. The monoisotopic (exact) mass is 416 g/mol. The lowest BCUT2D eigenvalue weighted by atomic mass is 9.51. The summed E-state index contributed by atoms with van der Waals surface area (Å²) in [6.45, 7) is 3.02. The second kappa shape index (κ2) is 6.42. The van der Waals surface area contributed by atoms with Gasteiger partial charge in [-0.1, -0.05) is 6.07 Å². The third-order valence-electron chi connectivity index (χ3n) is 8.37. The molecule has 1 aliphatic heterocycles. The molecule has 30 heavy (non-hydrogen) atoms. The molecular formula is C23H32N2O5. The van der Waals surface area contributed by atoms with E-state index in [4.69, 9.17) is 19.9 Å². The van der Waals surface area contributed by atoms with Crippen LogP contribution in [-0.4, -0.2) is 67.3 Å². The number of methoxy groups -OCH3 is 2. The van der Waals surface area contributed by atoms with Crippen molar-refractivity contribution in [2.45, 2.75) is 68.0 Å². The van der Waals surface area contributed by atoms with Crippen LogP contribution in [0.5, 0.6) is 5.75 Å². The fourth-order valence-corrected chi connectivity index (χ4v) is 6.52. The maximum absolute atomic E-state index is 12.4. The zero-order valence-corrected chi connectivity index (χ0v) is 18.2. The lowest BCUT2D eigenvalue weighted by Gasteiger charge is -2.61. The molecule has 0 saturated heterocycles. The molecule has 1 amide bonds. The molecule has 0 bridgehead atoms. The summed E-state index contributed by atoms with van der Waals surface area (Å²) in [5.41, 5.74) is 6.16. The van der Waals surface area contributed by atoms with E-state index < -0.39 is 28.8 Å². The van der Waals surface area contributed by atoms with Gasteiger partial charge < -0.3 is 25.1 Å². The molecule has 1 aromatic carbocycles. The molecule has 3 N–H and O–H groups in total. The molecule has 0 radical (unpaired) electrons. The summed E-state index contributed by atoms with van der Waals surface area (Å²) >= 11 is 0. The highest BCUT2D eigenvalue weighted by Gasteiger charge is 2.73. The zero-order chi connectivity index (χ0) is 21.5. The largest absolute Gasteiger partial charge is 0.483 e. The first-order valence-electron chi connectivity index (χ1n) is 10.9. The van der Waals surface area contributed by atoms with Crippen LogP contribution in [0.2, 0.25) is 0 Å². The summed E-state index contributed by atoms with van der Waals surface area (Å²) in [5.74, 6) is -0.346. The SMILES string of the molecule is COC1(OC)CC[C@@]2(O)[C@H](N(C)CC3CC3)Cc3ccc(C(N)=O)c4c3C2(C)[C@H]1O4. The van der Waals surface area contributed by atoms with Crippen molar-refractivity contribution in [3.8, 4) is 5.75 Å². The Morgan fingerprint density at radius 1 is 1.30 bits per heavy atom. The van der Waals surface area contributed by atoms with Gasteiger partial charge in [-0.2, -0.15) is 0 Å². The number of likely N-dealkylation sites (N-methyl/N-ethyl adjacent to an activating group) is 1. The highest BCUT2D eigenvalue weighted by molar-refractivity contribution is 5.97. The van der Waals surface area contributed by atoms with Gasteiger partial charge in [-0.3, -0.25) is 9.69 Å². The Morgan fingerprint density at radius 2 is 2.00 bits per heavy atom. The van der Waals surface area contributed by atoms with Crippen molar-refractivity contribution in [1.29, 1.82) is 0 Å². The van der Waals surface area contributed by atoms with E-state index in [1.165, 1.54) is 12.8 Å². The molecule has 4 atom stereocenters. The van der Waals surface area contributed by atoms with Gasteiger partial charge in [0.25, 0.3) is 5.91 Å². The smallest absolute Gasteiger partial charge is 0.252 e. The number of carbonyl (C=O) groups is 1. The summed E-state index contributed by atoms with van der Waals surface area (Å²) in [5, 5.41) is 12.4. The molecule has 7 nitrogen and oxygen atoms in total. The van der Waals surface area contributed by atoms with Crippen molar-refractivity contribution in [2.75, 3.05) is 27.8 Å². The average Bonchev–Trinajstić information content (AvgIpc) is 3.47. The first kappa shape index (κ1) is 20.2. The summed E-state index contributed by atoms with van der Waals surface area (Å²) in [4.78, 5) is 14.5. The molecule has 2 fully saturated rings. The molecule has 2 saturated carbocycles. The van der Waals surface area contributed by atoms with Crippen molar-refractivity contribution in [3.05, 3.63) is 28.8 Å². The van der Waals surface area contributed by atoms with Crippen LogP contribution in [0.15, 0.2) is 12.1 Å². The molecule has 1 unspecified atom stereocenters. The number of primary amides is 1. The molecule has 0 spiro atoms. The first-order valence-corrected chi connectivity index (χ1v) is 10.9. The van der Waals surface area contributed by atoms with Gasteiger partial charge in [0.1, 0.15) is 5.75 Å². The highest BCUT2D eigenvalue weighted by atomic mass is 16.7. The Kier molecular flexibility index (Phi) is 4.33. The summed E-state index contributed by atoms with van der Waals surface area (Å²) < 4.78 is 18.2. The van der Waals surface area contributed by atoms with Crippen LogP contribution < -0.4 is 10.5 Å². The Morgan fingerprint density at radius 3 is 2.60 bits per heavy atom. The number of nitrogens with two attached hydrogens (primary N) is 1. The van der Waals surface area contributed by atoms with Gasteiger partial charge in [0.05, 0.1) is 16.6 Å². The maximum atomic E-state index is 12.4. The van der Waals surface area contributed by atoms with Gasteiger partial charge in [0, 0.05) is 38.8 Å². The van der Waals surface area contributed by atoms with Crippen molar-refractivity contribution in [3.63, 3.8) is 0 Å². The number of rotatable bonds is 6. The summed E-state index contributed by atoms with van der Waals surface area (Å²) in [7, 11) is 5.34. The third kappa shape index (κ3) is 2.38. The third-order valence-corrected chi connectivity index (χ3v) is 8.37. The van der Waals surface area contributed by atoms with Gasteiger partial charge in [-0.25, -0.2) is 0 Å². The number of nitrogens with zero attached hydrogens (tertiary/aromatic N) is 1. The quantitative estimate of drug-likeness (QED) is 0.684. The first-order chi connectivity index (χ1) is 14.2. The van der Waals surface area contributed by atoms with Crippen molar-refractivity contribution in [1.82, 2.24) is 4.90 Å². The lowest BCUT2D eigenvalue weighted by Crippen LogP contribution is -2.75. The molecular weight excluding hydrogens is 384 g/mol. The lowest BCUT2D eigenvalue weighted by molar-refractivity contribution is -0.309. The Labute approximate surface area is 177 Å². The number of hydrogen-bond donors (Lipinski definition) is 2. The van der Waals surface area contributed by atoms with E-state index in [2.05, 4.69) is 11.9 Å². The molecule has 7 heteroatoms. The van der Waals surface area contributed by atoms with Gasteiger partial charge in [-0.05, 0) is 57.2 Å². The van der Waals surface area contributed by atoms with Crippen LogP contribution in [0, 0.1) is 5.92 Å². The predicted octanol–water partition coefficient (Wildman–Crippen LogP) is 1.58. The van der Waals surface area contributed by atoms with E-state index >= 15 is 0 Å². The molecule has 1 heterocycles. The highest BCUT2D eigenvalue weighted by Crippen LogP contribution is 2.63. The fraction of sp³-hybridized carbons (Fsp3) is 0.696. The van der Waals surface area contributed by atoms with E-state index in [9.17, 15) is 9.90 Å². The van der Waals surface area contributed by atoms with Crippen molar-refractivity contribution in [2.24, 2.45) is 11.7 Å². The number of ether oxygens (including phenoxy) is 3. The van der Waals surface area contributed by atoms with E-state index in [0.717, 1.165) is 23.6 Å². The Bertz CT molecular complexity index is 896. The Balaban J connectivity index is 1.71. The van der Waals surface area contributed by atoms with E-state index in [-0.39, 0.29) is 6.04 Å². The van der Waals surface area contributed by atoms with Crippen molar-refractivity contribution >= 4 is 5.91 Å². The van der Waals surface area contributed by atoms with Crippen LogP contribution in [0.25, 0.3) is 0 Å². The minimum absolute atomic E-state index is 0.0567. The number of hydrogen-bond acceptors (Lipinski definition) is 6. The van der Waals surface area contributed by atoms with E-state index in [1.54, 1.807) is 20.3 Å². The summed E-state index contributed by atoms with van der Waals surface area (Å²) in [6, 6.07) is 3.67. The van der Waals surface area contributed by atoms with Crippen LogP contribution in [0.1, 0.15) is 54.1 Å². The molecule has 4 aliphatic rings. The zero-order valence-electron chi connectivity index (χ0n) is 18.2. The number of aliphatic hydroxyl groups is 1. The second-order valence-electron chi connectivity index (χ2n) is 9.79. The molecule has 3 aliphatic carbocycles. The van der Waals surface area contributed by atoms with E-state index in [0.29, 0.717) is 30.6 Å². The van der Waals surface area contributed by atoms with Crippen LogP contribution in [0.4, 0.5) is 0 Å². The van der Waals surface area contributed by atoms with E-state index in [1.807, 2.05) is 13.0 Å². The Hall–Kier alpha value is -1.67.